The van der Waals surface area contributed by atoms with Crippen LogP contribution in [0.5, 0.6) is 28.7 Å². The van der Waals surface area contributed by atoms with Crippen LogP contribution in [0.2, 0.25) is 0 Å². The van der Waals surface area contributed by atoms with E-state index in [1.54, 1.807) is 55.1 Å². The van der Waals surface area contributed by atoms with E-state index in [0.29, 0.717) is 66.7 Å². The van der Waals surface area contributed by atoms with E-state index in [-0.39, 0.29) is 121 Å². The summed E-state index contributed by atoms with van der Waals surface area (Å²) in [7, 11) is -0.503. The van der Waals surface area contributed by atoms with E-state index in [1.807, 2.05) is 43.3 Å². The van der Waals surface area contributed by atoms with Crippen molar-refractivity contribution in [2.75, 3.05) is 105 Å². The molecule has 0 spiro atoms. The number of rotatable bonds is 61. The zero-order valence-corrected chi connectivity index (χ0v) is 64.8. The molecule has 0 aromatic heterocycles. The lowest BCUT2D eigenvalue weighted by molar-refractivity contribution is -0.158. The van der Waals surface area contributed by atoms with Gasteiger partial charge in [0.15, 0.2) is 11.5 Å². The minimum absolute atomic E-state index is 0.0650. The summed E-state index contributed by atoms with van der Waals surface area (Å²) in [5.41, 5.74) is 1.56. The van der Waals surface area contributed by atoms with Crippen molar-refractivity contribution in [3.05, 3.63) is 66.2 Å². The van der Waals surface area contributed by atoms with Crippen LogP contribution in [0.15, 0.2) is 65.6 Å². The van der Waals surface area contributed by atoms with Gasteiger partial charge in [-0.1, -0.05) is 206 Å². The van der Waals surface area contributed by atoms with E-state index in [9.17, 15) is 33.8 Å². The molecule has 0 saturated carbocycles. The maximum atomic E-state index is 13.6. The summed E-state index contributed by atoms with van der Waals surface area (Å²) in [5.74, 6) is 2.20. The van der Waals surface area contributed by atoms with Crippen molar-refractivity contribution in [2.24, 2.45) is 0 Å². The van der Waals surface area contributed by atoms with Crippen molar-refractivity contribution >= 4 is 55.3 Å². The maximum absolute atomic E-state index is 13.6. The topological polar surface area (TPSA) is 246 Å². The van der Waals surface area contributed by atoms with Gasteiger partial charge in [-0.05, 0) is 75.6 Å². The van der Waals surface area contributed by atoms with Crippen molar-refractivity contribution < 1.29 is 85.4 Å². The molecule has 2 unspecified atom stereocenters. The van der Waals surface area contributed by atoms with Gasteiger partial charge >= 0.3 is 20.1 Å². The van der Waals surface area contributed by atoms with Crippen LogP contribution >= 0.6 is 19.9 Å². The Bertz CT molecular complexity index is 2730. The van der Waals surface area contributed by atoms with Crippen molar-refractivity contribution in [2.45, 2.75) is 269 Å². The fourth-order valence-electron chi connectivity index (χ4n) is 11.9. The van der Waals surface area contributed by atoms with Crippen LogP contribution in [-0.4, -0.2) is 150 Å². The standard InChI is InChI=1S/C40H52N3O14PS.C39H76O4/c1-4-56-58(47,48)57-22-16-41-37(44)14-20-50-24-25-51-21-15-38(45)43(18-23-52-30-11-13-34-35(27-30)55-28-54-34)17-7-19-53-33-12-10-29(49-3)26-31(33)39-40(46)42(2)32-8-5-6-9-36(32)59-39;1-4-6-8-10-12-14-16-18-20-22-24-26-28-30-32-34-38(40)42-36-37(3)43-39(41)35-33-31-29-27-25-23-21-19-17-15-13-11-9-7-5-2/h5-6,8-13,26-27,39,47-48H,4,7,14-25,28H2,1-3H3;37H,4-36H2,1-3H3/p+1. The number of unbranched alkanes of at least 4 members (excludes halogenated alkanes) is 28. The summed E-state index contributed by atoms with van der Waals surface area (Å²) in [4.78, 5) is 86.5. The zero-order chi connectivity index (χ0) is 73.5. The van der Waals surface area contributed by atoms with Gasteiger partial charge in [0.05, 0.1) is 65.4 Å². The monoisotopic (exact) mass is 1470 g/mol. The van der Waals surface area contributed by atoms with Crippen molar-refractivity contribution in [3.8, 4) is 28.7 Å². The second-order valence-corrected chi connectivity index (χ2v) is 29.1. The summed E-state index contributed by atoms with van der Waals surface area (Å²) in [6.45, 7) is 10.3. The van der Waals surface area contributed by atoms with E-state index in [2.05, 4.69) is 19.2 Å². The number of carbonyl (C=O) groups is 5. The third-order valence-electron chi connectivity index (χ3n) is 17.7. The molecule has 23 heteroatoms. The Labute approximate surface area is 616 Å². The maximum Gasteiger partial charge on any atom is 0.570 e. The normalized spacial score (nSPS) is 13.4. The number of carbonyl (C=O) groups excluding carboxylic acids is 5. The molecule has 3 aromatic carbocycles. The molecule has 3 amide bonds. The third-order valence-corrected chi connectivity index (χ3v) is 20.2. The van der Waals surface area contributed by atoms with Gasteiger partial charge in [0.2, 0.25) is 24.5 Å². The fraction of sp³-hybridized carbons (Fsp3) is 0.709. The highest BCUT2D eigenvalue weighted by Gasteiger charge is 2.38. The molecule has 0 bridgehead atoms. The van der Waals surface area contributed by atoms with Crippen LogP contribution in [0.4, 0.5) is 5.69 Å². The predicted octanol–water partition coefficient (Wildman–Crippen LogP) is 17.5. The molecular formula is C79H129N3O18PS+. The van der Waals surface area contributed by atoms with Crippen LogP contribution in [0.25, 0.3) is 0 Å². The Morgan fingerprint density at radius 3 is 1.73 bits per heavy atom. The first kappa shape index (κ1) is 88.9. The lowest BCUT2D eigenvalue weighted by Gasteiger charge is -2.32. The van der Waals surface area contributed by atoms with E-state index < -0.39 is 13.4 Å². The average Bonchev–Trinajstić information content (AvgIpc) is 0.925. The number of thioether (sulfide) groups is 1. The van der Waals surface area contributed by atoms with Gasteiger partial charge in [-0.25, -0.2) is 0 Å². The fourth-order valence-corrected chi connectivity index (χ4v) is 13.9. The molecule has 0 radical (unpaired) electrons. The number of nitrogens with one attached hydrogen (secondary N) is 1. The Balaban J connectivity index is 0.000000457. The number of likely N-dealkylation sites (N-methyl/N-ethyl adjacent to an activating group) is 1. The van der Waals surface area contributed by atoms with Gasteiger partial charge in [-0.3, -0.25) is 24.0 Å². The highest BCUT2D eigenvalue weighted by molar-refractivity contribution is 8.00. The Morgan fingerprint density at radius 1 is 0.588 bits per heavy atom. The molecule has 5 rings (SSSR count). The highest BCUT2D eigenvalue weighted by atomic mass is 32.2. The molecule has 102 heavy (non-hydrogen) atoms. The lowest BCUT2D eigenvalue weighted by atomic mass is 10.0. The number of benzene rings is 3. The molecule has 2 aliphatic rings. The van der Waals surface area contributed by atoms with E-state index in [0.717, 1.165) is 36.3 Å². The van der Waals surface area contributed by atoms with E-state index in [4.69, 9.17) is 51.7 Å². The Kier molecular flexibility index (Phi) is 49.6. The largest absolute Gasteiger partial charge is 0.570 e. The van der Waals surface area contributed by atoms with Gasteiger partial charge in [0, 0.05) is 55.9 Å². The third kappa shape index (κ3) is 40.7. The molecule has 3 N–H and O–H groups in total. The molecule has 21 nitrogen and oxygen atoms in total. The van der Waals surface area contributed by atoms with Gasteiger partial charge in [0.1, 0.15) is 48.4 Å². The molecule has 578 valence electrons. The average molecular weight is 1470 g/mol. The summed E-state index contributed by atoms with van der Waals surface area (Å²) in [6.07, 6.45) is 40.8. The lowest BCUT2D eigenvalue weighted by Crippen LogP contribution is -2.36. The SMILES string of the molecule is CCCCCCCCCCCCCCCCCC(=O)OCC(C)OC(=O)CCCCCCCCCCCCCCCCC.CCO[P+](O)(O)OCCNC(=O)CCOCCOCCC(=O)N(CCCOc1ccc(OC)cc1C1Sc2ccccc2N(C)C1=O)CCOc1ccc2c(c1)OCO2. The van der Waals surface area contributed by atoms with E-state index >= 15 is 0 Å². The number of methoxy groups -OCH3 is 1. The number of fused-ring (bicyclic) bond motifs is 2. The molecule has 2 atom stereocenters. The number of nitrogens with zero attached hydrogens (tertiary/aromatic N) is 2. The van der Waals surface area contributed by atoms with Crippen LogP contribution in [0.1, 0.15) is 263 Å². The van der Waals surface area contributed by atoms with Crippen molar-refractivity contribution in [3.63, 3.8) is 0 Å². The highest BCUT2D eigenvalue weighted by Crippen LogP contribution is 2.52. The number of para-hydroxylation sites is 1. The van der Waals surface area contributed by atoms with Crippen molar-refractivity contribution in [1.82, 2.24) is 10.2 Å². The van der Waals surface area contributed by atoms with Gasteiger partial charge in [-0.15, -0.1) is 11.8 Å². The first-order chi connectivity index (χ1) is 49.7. The Morgan fingerprint density at radius 2 is 1.14 bits per heavy atom. The molecule has 2 aliphatic heterocycles. The molecule has 0 saturated heterocycles. The zero-order valence-electron chi connectivity index (χ0n) is 63.0. The first-order valence-corrected chi connectivity index (χ1v) is 41.1. The van der Waals surface area contributed by atoms with Crippen molar-refractivity contribution in [1.29, 1.82) is 0 Å². The second kappa shape index (κ2) is 56.9. The number of hydrogen-bond donors (Lipinski definition) is 3. The molecule has 0 aliphatic carbocycles. The number of hydrogen-bond acceptors (Lipinski definition) is 19. The molecule has 3 aromatic rings. The smallest absolute Gasteiger partial charge is 0.497 e. The van der Waals surface area contributed by atoms with Gasteiger partial charge in [0.25, 0.3) is 0 Å². The number of esters is 2. The van der Waals surface area contributed by atoms with E-state index in [1.165, 1.54) is 179 Å². The number of amides is 3. The molecule has 0 fully saturated rings. The molecule has 2 heterocycles. The summed E-state index contributed by atoms with van der Waals surface area (Å²) in [5, 5.41) is 2.06. The summed E-state index contributed by atoms with van der Waals surface area (Å²) < 4.78 is 60.0. The van der Waals surface area contributed by atoms with Crippen LogP contribution in [0.3, 0.4) is 0 Å². The first-order valence-electron chi connectivity index (χ1n) is 38.7. The van der Waals surface area contributed by atoms with Crippen LogP contribution in [-0.2, 0) is 52.0 Å². The Hall–Kier alpha value is -5.45. The van der Waals surface area contributed by atoms with Gasteiger partial charge < -0.3 is 57.7 Å². The summed E-state index contributed by atoms with van der Waals surface area (Å²) >= 11 is 1.47. The van der Waals surface area contributed by atoms with Crippen LogP contribution in [0, 0.1) is 0 Å². The van der Waals surface area contributed by atoms with Gasteiger partial charge in [-0.2, -0.15) is 18.8 Å². The second-order valence-electron chi connectivity index (χ2n) is 26.4. The van der Waals surface area contributed by atoms with Crippen LogP contribution < -0.4 is 33.9 Å². The summed E-state index contributed by atoms with van der Waals surface area (Å²) in [6, 6.07) is 18.5. The molecular weight excluding hydrogens is 1340 g/mol. The number of anilines is 1. The predicted molar refractivity (Wildman–Crippen MR) is 405 cm³/mol. The minimum Gasteiger partial charge on any atom is -0.497 e. The quantitative estimate of drug-likeness (QED) is 0.0270. The number of ether oxygens (including phenoxy) is 9. The minimum atomic E-state index is -3.85.